The Balaban J connectivity index is 2.07. The quantitative estimate of drug-likeness (QED) is 0.481. The molecule has 0 N–H and O–H groups in total. The Labute approximate surface area is 115 Å². The minimum Gasteiger partial charge on any atom is -0.134 e. The second-order valence-corrected chi connectivity index (χ2v) is 12.8. The van der Waals surface area contributed by atoms with Crippen molar-refractivity contribution >= 4 is 31.6 Å². The van der Waals surface area contributed by atoms with Crippen LogP contribution >= 0.6 is 23.5 Å². The minimum atomic E-state index is -0.840. The zero-order valence-electron chi connectivity index (χ0n) is 11.0. The van der Waals surface area contributed by atoms with E-state index in [1.54, 1.807) is 0 Å². The molecule has 17 heavy (non-hydrogen) atoms. The fourth-order valence-corrected chi connectivity index (χ4v) is 5.40. The molecular formula is C14H22S2Si. The van der Waals surface area contributed by atoms with Gasteiger partial charge >= 0.3 is 0 Å². The molecule has 0 atom stereocenters. The Morgan fingerprint density at radius 1 is 1.00 bits per heavy atom. The Bertz CT molecular complexity index is 328. The summed E-state index contributed by atoms with van der Waals surface area (Å²) in [6, 6.07) is 12.0. The standard InChI is InChI=1S/C14H22S2Si/c1-17(2,3)12-11-15-9-10-16-13-14-7-5-4-6-8-14/h4-10H,11-13H2,1-3H3/b10-9+. The van der Waals surface area contributed by atoms with E-state index in [1.165, 1.54) is 17.4 Å². The van der Waals surface area contributed by atoms with Crippen molar-refractivity contribution in [3.05, 3.63) is 46.7 Å². The van der Waals surface area contributed by atoms with Crippen LogP contribution in [0, 0.1) is 0 Å². The number of rotatable bonds is 7. The van der Waals surface area contributed by atoms with Gasteiger partial charge in [0.1, 0.15) is 0 Å². The fraction of sp³-hybridized carbons (Fsp3) is 0.429. The Morgan fingerprint density at radius 2 is 1.65 bits per heavy atom. The second-order valence-electron chi connectivity index (χ2n) is 5.25. The highest BCUT2D eigenvalue weighted by molar-refractivity contribution is 8.05. The van der Waals surface area contributed by atoms with Crippen molar-refractivity contribution in [2.75, 3.05) is 5.75 Å². The summed E-state index contributed by atoms with van der Waals surface area (Å²) >= 11 is 3.82. The van der Waals surface area contributed by atoms with Gasteiger partial charge in [0.15, 0.2) is 0 Å². The van der Waals surface area contributed by atoms with Gasteiger partial charge in [-0.2, -0.15) is 0 Å². The lowest BCUT2D eigenvalue weighted by molar-refractivity contribution is 1.38. The van der Waals surface area contributed by atoms with Crippen molar-refractivity contribution in [2.24, 2.45) is 0 Å². The maximum absolute atomic E-state index is 2.43. The lowest BCUT2D eigenvalue weighted by Crippen LogP contribution is -2.19. The first-order valence-corrected chi connectivity index (χ1v) is 11.8. The normalized spacial score (nSPS) is 12.2. The predicted molar refractivity (Wildman–Crippen MR) is 87.5 cm³/mol. The van der Waals surface area contributed by atoms with Crippen LogP contribution in [0.25, 0.3) is 0 Å². The van der Waals surface area contributed by atoms with Crippen LogP contribution < -0.4 is 0 Å². The smallest absolute Gasteiger partial charge is 0.0450 e. The van der Waals surface area contributed by atoms with Gasteiger partial charge in [0.2, 0.25) is 0 Å². The highest BCUT2D eigenvalue weighted by Gasteiger charge is 2.10. The molecule has 0 saturated carbocycles. The molecule has 0 fully saturated rings. The summed E-state index contributed by atoms with van der Waals surface area (Å²) in [6.07, 6.45) is 0. The van der Waals surface area contributed by atoms with Crippen molar-refractivity contribution in [3.63, 3.8) is 0 Å². The topological polar surface area (TPSA) is 0 Å². The summed E-state index contributed by atoms with van der Waals surface area (Å²) in [5.41, 5.74) is 1.40. The van der Waals surface area contributed by atoms with Gasteiger partial charge in [-0.25, -0.2) is 0 Å². The third-order valence-electron chi connectivity index (χ3n) is 2.31. The molecule has 0 bridgehead atoms. The van der Waals surface area contributed by atoms with Gasteiger partial charge in [0.25, 0.3) is 0 Å². The first-order chi connectivity index (χ1) is 8.08. The molecule has 0 radical (unpaired) electrons. The van der Waals surface area contributed by atoms with E-state index in [-0.39, 0.29) is 0 Å². The molecule has 0 saturated heterocycles. The van der Waals surface area contributed by atoms with Crippen molar-refractivity contribution in [1.82, 2.24) is 0 Å². The lowest BCUT2D eigenvalue weighted by atomic mass is 10.2. The summed E-state index contributed by atoms with van der Waals surface area (Å²) in [5.74, 6) is 2.35. The molecule has 0 heterocycles. The van der Waals surface area contributed by atoms with Crippen LogP contribution in [-0.4, -0.2) is 13.8 Å². The van der Waals surface area contributed by atoms with E-state index in [1.807, 2.05) is 23.5 Å². The van der Waals surface area contributed by atoms with Crippen LogP contribution in [0.15, 0.2) is 41.1 Å². The van der Waals surface area contributed by atoms with Crippen LogP contribution in [0.5, 0.6) is 0 Å². The van der Waals surface area contributed by atoms with Crippen molar-refractivity contribution in [1.29, 1.82) is 0 Å². The van der Waals surface area contributed by atoms with E-state index in [9.17, 15) is 0 Å². The average Bonchev–Trinajstić information content (AvgIpc) is 2.28. The van der Waals surface area contributed by atoms with E-state index in [2.05, 4.69) is 60.8 Å². The van der Waals surface area contributed by atoms with Crippen LogP contribution in [0.4, 0.5) is 0 Å². The summed E-state index contributed by atoms with van der Waals surface area (Å²) in [7, 11) is -0.840. The summed E-state index contributed by atoms with van der Waals surface area (Å²) < 4.78 is 0. The number of hydrogen-bond donors (Lipinski definition) is 0. The summed E-state index contributed by atoms with van der Waals surface area (Å²) in [4.78, 5) is 0. The zero-order chi connectivity index (χ0) is 12.6. The number of benzene rings is 1. The molecule has 0 aliphatic heterocycles. The zero-order valence-corrected chi connectivity index (χ0v) is 13.6. The molecule has 0 aromatic heterocycles. The van der Waals surface area contributed by atoms with Crippen LogP contribution in [0.1, 0.15) is 5.56 Å². The molecule has 94 valence electrons. The first-order valence-electron chi connectivity index (χ1n) is 6.00. The first kappa shape index (κ1) is 14.9. The van der Waals surface area contributed by atoms with Gasteiger partial charge < -0.3 is 0 Å². The van der Waals surface area contributed by atoms with Crippen LogP contribution in [0.2, 0.25) is 25.7 Å². The predicted octanol–water partition coefficient (Wildman–Crippen LogP) is 5.46. The Hall–Kier alpha value is -0.123. The van der Waals surface area contributed by atoms with Gasteiger partial charge in [0, 0.05) is 13.8 Å². The van der Waals surface area contributed by atoms with Gasteiger partial charge in [0.05, 0.1) is 0 Å². The third kappa shape index (κ3) is 8.58. The molecule has 3 heteroatoms. The van der Waals surface area contributed by atoms with Gasteiger partial charge in [-0.05, 0) is 28.2 Å². The highest BCUT2D eigenvalue weighted by atomic mass is 32.2. The molecule has 0 aliphatic carbocycles. The van der Waals surface area contributed by atoms with Crippen molar-refractivity contribution in [2.45, 2.75) is 31.4 Å². The minimum absolute atomic E-state index is 0.840. The second kappa shape index (κ2) is 8.06. The monoisotopic (exact) mass is 282 g/mol. The van der Waals surface area contributed by atoms with Crippen LogP contribution in [-0.2, 0) is 5.75 Å². The fourth-order valence-electron chi connectivity index (χ4n) is 1.23. The highest BCUT2D eigenvalue weighted by Crippen LogP contribution is 2.18. The molecule has 0 spiro atoms. The SMILES string of the molecule is C[Si](C)(C)CCS/C=C/SCc1ccccc1. The van der Waals surface area contributed by atoms with E-state index in [4.69, 9.17) is 0 Å². The summed E-state index contributed by atoms with van der Waals surface area (Å²) in [5, 5.41) is 4.47. The molecule has 0 nitrogen and oxygen atoms in total. The summed E-state index contributed by atoms with van der Waals surface area (Å²) in [6.45, 7) is 7.30. The van der Waals surface area contributed by atoms with Crippen molar-refractivity contribution < 1.29 is 0 Å². The van der Waals surface area contributed by atoms with E-state index >= 15 is 0 Å². The van der Waals surface area contributed by atoms with Gasteiger partial charge in [-0.1, -0.05) is 50.0 Å². The van der Waals surface area contributed by atoms with Gasteiger partial charge in [-0.3, -0.25) is 0 Å². The van der Waals surface area contributed by atoms with Gasteiger partial charge in [-0.15, -0.1) is 23.5 Å². The molecule has 0 unspecified atom stereocenters. The van der Waals surface area contributed by atoms with Crippen LogP contribution in [0.3, 0.4) is 0 Å². The third-order valence-corrected chi connectivity index (χ3v) is 6.19. The maximum Gasteiger partial charge on any atom is 0.0450 e. The Kier molecular flexibility index (Phi) is 7.08. The molecule has 0 aliphatic rings. The lowest BCUT2D eigenvalue weighted by Gasteiger charge is -2.13. The Morgan fingerprint density at radius 3 is 2.29 bits per heavy atom. The molecule has 0 amide bonds. The molecule has 1 aromatic carbocycles. The molecule has 1 rings (SSSR count). The number of thioether (sulfide) groups is 2. The largest absolute Gasteiger partial charge is 0.134 e. The van der Waals surface area contributed by atoms with E-state index in [0.29, 0.717) is 0 Å². The van der Waals surface area contributed by atoms with E-state index in [0.717, 1.165) is 5.75 Å². The molecular weight excluding hydrogens is 260 g/mol. The van der Waals surface area contributed by atoms with Crippen molar-refractivity contribution in [3.8, 4) is 0 Å². The average molecular weight is 283 g/mol. The molecule has 1 aromatic rings. The maximum atomic E-state index is 2.43. The number of hydrogen-bond acceptors (Lipinski definition) is 2. The van der Waals surface area contributed by atoms with E-state index < -0.39 is 8.07 Å².